The van der Waals surface area contributed by atoms with Crippen LogP contribution < -0.4 is 0 Å². The molecule has 2 N–H and O–H groups in total. The molecule has 0 bridgehead atoms. The number of rotatable bonds is 5. The predicted molar refractivity (Wildman–Crippen MR) is 77.3 cm³/mol. The largest absolute Gasteiger partial charge is 0.393 e. The first-order chi connectivity index (χ1) is 9.06. The molecule has 1 fully saturated rings. The molecule has 1 aromatic rings. The average Bonchev–Trinajstić information content (AvgIpc) is 2.86. The van der Waals surface area contributed by atoms with Crippen molar-refractivity contribution in [2.24, 2.45) is 5.92 Å². The minimum Gasteiger partial charge on any atom is -0.393 e. The van der Waals surface area contributed by atoms with Crippen molar-refractivity contribution in [1.82, 2.24) is 4.90 Å². The second kappa shape index (κ2) is 6.71. The van der Waals surface area contributed by atoms with Crippen LogP contribution in [-0.2, 0) is 0 Å². The van der Waals surface area contributed by atoms with Crippen LogP contribution in [0.25, 0.3) is 0 Å². The first-order valence-electron chi connectivity index (χ1n) is 6.90. The lowest BCUT2D eigenvalue weighted by Crippen LogP contribution is -2.26. The lowest BCUT2D eigenvalue weighted by atomic mass is 10.0. The van der Waals surface area contributed by atoms with E-state index in [0.717, 1.165) is 31.6 Å². The first kappa shape index (κ1) is 14.8. The smallest absolute Gasteiger partial charge is 0.0802 e. The Kier molecular flexibility index (Phi) is 5.22. The Bertz CT molecular complexity index is 394. The van der Waals surface area contributed by atoms with Crippen molar-refractivity contribution < 1.29 is 10.2 Å². The van der Waals surface area contributed by atoms with Crippen molar-refractivity contribution in [2.45, 2.75) is 32.0 Å². The fourth-order valence-corrected chi connectivity index (χ4v) is 2.74. The van der Waals surface area contributed by atoms with Crippen LogP contribution in [0, 0.1) is 5.92 Å². The van der Waals surface area contributed by atoms with E-state index in [9.17, 15) is 10.2 Å². The van der Waals surface area contributed by atoms with Gasteiger partial charge in [0.15, 0.2) is 0 Å². The zero-order valence-corrected chi connectivity index (χ0v) is 12.1. The van der Waals surface area contributed by atoms with Crippen molar-refractivity contribution in [1.29, 1.82) is 0 Å². The Morgan fingerprint density at radius 1 is 1.32 bits per heavy atom. The number of aliphatic hydroxyl groups is 2. The Hall–Kier alpha value is -0.610. The molecule has 0 aromatic heterocycles. The van der Waals surface area contributed by atoms with E-state index >= 15 is 0 Å². The Balaban J connectivity index is 1.78. The van der Waals surface area contributed by atoms with E-state index < -0.39 is 6.10 Å². The van der Waals surface area contributed by atoms with Gasteiger partial charge in [-0.05, 0) is 49.9 Å². The van der Waals surface area contributed by atoms with E-state index in [1.165, 1.54) is 0 Å². The lowest BCUT2D eigenvalue weighted by Gasteiger charge is -2.19. The van der Waals surface area contributed by atoms with Gasteiger partial charge < -0.3 is 15.1 Å². The summed E-state index contributed by atoms with van der Waals surface area (Å²) in [5.74, 6) is 0.382. The fourth-order valence-electron chi connectivity index (χ4n) is 2.62. The predicted octanol–water partition coefficient (Wildman–Crippen LogP) is 2.47. The Morgan fingerprint density at radius 3 is 2.58 bits per heavy atom. The Morgan fingerprint density at radius 2 is 2.00 bits per heavy atom. The summed E-state index contributed by atoms with van der Waals surface area (Å²) < 4.78 is 0. The van der Waals surface area contributed by atoms with Crippen LogP contribution in [0.5, 0.6) is 0 Å². The zero-order valence-electron chi connectivity index (χ0n) is 11.3. The van der Waals surface area contributed by atoms with Crippen LogP contribution in [-0.4, -0.2) is 40.9 Å². The van der Waals surface area contributed by atoms with Crippen LogP contribution in [0.15, 0.2) is 24.3 Å². The van der Waals surface area contributed by atoms with Crippen LogP contribution in [0.4, 0.5) is 0 Å². The molecule has 19 heavy (non-hydrogen) atoms. The molecule has 3 unspecified atom stereocenters. The molecule has 4 heteroatoms. The summed E-state index contributed by atoms with van der Waals surface area (Å²) >= 11 is 5.83. The zero-order chi connectivity index (χ0) is 13.8. The number of hydrogen-bond donors (Lipinski definition) is 2. The molecule has 1 heterocycles. The van der Waals surface area contributed by atoms with Gasteiger partial charge in [-0.25, -0.2) is 0 Å². The minimum atomic E-state index is -0.442. The maximum absolute atomic E-state index is 10.1. The highest BCUT2D eigenvalue weighted by Gasteiger charge is 2.25. The number of hydrogen-bond acceptors (Lipinski definition) is 3. The van der Waals surface area contributed by atoms with Gasteiger partial charge in [0.05, 0.1) is 12.2 Å². The molecule has 1 saturated heterocycles. The van der Waals surface area contributed by atoms with Crippen LogP contribution in [0.1, 0.15) is 31.4 Å². The molecule has 1 aromatic carbocycles. The number of aliphatic hydroxyl groups excluding tert-OH is 2. The van der Waals surface area contributed by atoms with Crippen LogP contribution in [0.3, 0.4) is 0 Å². The highest BCUT2D eigenvalue weighted by molar-refractivity contribution is 6.30. The monoisotopic (exact) mass is 283 g/mol. The summed E-state index contributed by atoms with van der Waals surface area (Å²) in [5.41, 5.74) is 0.913. The topological polar surface area (TPSA) is 43.7 Å². The summed E-state index contributed by atoms with van der Waals surface area (Å²) in [6, 6.07) is 7.35. The number of likely N-dealkylation sites (tertiary alicyclic amines) is 1. The molecular weight excluding hydrogens is 262 g/mol. The molecule has 106 valence electrons. The van der Waals surface area contributed by atoms with Crippen molar-refractivity contribution in [2.75, 3.05) is 19.6 Å². The van der Waals surface area contributed by atoms with Gasteiger partial charge in [-0.15, -0.1) is 0 Å². The van der Waals surface area contributed by atoms with Gasteiger partial charge in [0, 0.05) is 18.1 Å². The quantitative estimate of drug-likeness (QED) is 0.872. The summed E-state index contributed by atoms with van der Waals surface area (Å²) in [6.07, 6.45) is 1.09. The molecule has 3 atom stereocenters. The Labute approximate surface area is 119 Å². The summed E-state index contributed by atoms with van der Waals surface area (Å²) in [7, 11) is 0. The van der Waals surface area contributed by atoms with E-state index in [0.29, 0.717) is 17.4 Å². The van der Waals surface area contributed by atoms with E-state index in [-0.39, 0.29) is 6.10 Å². The average molecular weight is 284 g/mol. The van der Waals surface area contributed by atoms with Gasteiger partial charge in [-0.3, -0.25) is 0 Å². The van der Waals surface area contributed by atoms with Gasteiger partial charge in [-0.2, -0.15) is 0 Å². The molecule has 0 saturated carbocycles. The van der Waals surface area contributed by atoms with Crippen LogP contribution in [0.2, 0.25) is 5.02 Å². The second-order valence-electron chi connectivity index (χ2n) is 5.45. The number of benzene rings is 1. The molecule has 1 aliphatic heterocycles. The van der Waals surface area contributed by atoms with Crippen molar-refractivity contribution in [3.05, 3.63) is 34.9 Å². The van der Waals surface area contributed by atoms with E-state index in [4.69, 9.17) is 11.6 Å². The lowest BCUT2D eigenvalue weighted by molar-refractivity contribution is 0.121. The van der Waals surface area contributed by atoms with Gasteiger partial charge in [0.25, 0.3) is 0 Å². The molecule has 0 aliphatic carbocycles. The van der Waals surface area contributed by atoms with Crippen LogP contribution >= 0.6 is 11.6 Å². The van der Waals surface area contributed by atoms with E-state index in [1.807, 2.05) is 19.1 Å². The molecule has 0 spiro atoms. The molecule has 0 radical (unpaired) electrons. The third-order valence-corrected chi connectivity index (χ3v) is 4.22. The van der Waals surface area contributed by atoms with Gasteiger partial charge in [0.1, 0.15) is 0 Å². The highest BCUT2D eigenvalue weighted by atomic mass is 35.5. The molecule has 1 aliphatic rings. The number of halogens is 1. The SMILES string of the molecule is CC(O)C1CCN(CCC(O)c2ccc(Cl)cc2)C1. The normalized spacial score (nSPS) is 23.5. The van der Waals surface area contributed by atoms with E-state index in [2.05, 4.69) is 4.90 Å². The van der Waals surface area contributed by atoms with E-state index in [1.54, 1.807) is 12.1 Å². The fraction of sp³-hybridized carbons (Fsp3) is 0.600. The number of nitrogens with zero attached hydrogens (tertiary/aromatic N) is 1. The van der Waals surface area contributed by atoms with Crippen molar-refractivity contribution in [3.63, 3.8) is 0 Å². The van der Waals surface area contributed by atoms with Crippen molar-refractivity contribution in [3.8, 4) is 0 Å². The standard InChI is InChI=1S/C15H22ClNO2/c1-11(18)13-6-8-17(10-13)9-7-15(19)12-2-4-14(16)5-3-12/h2-5,11,13,15,18-19H,6-10H2,1H3. The van der Waals surface area contributed by atoms with Crippen molar-refractivity contribution >= 4 is 11.6 Å². The molecule has 2 rings (SSSR count). The molecule has 3 nitrogen and oxygen atoms in total. The maximum Gasteiger partial charge on any atom is 0.0802 e. The first-order valence-corrected chi connectivity index (χ1v) is 7.28. The molecular formula is C15H22ClNO2. The molecule has 0 amide bonds. The third kappa shape index (κ3) is 4.18. The second-order valence-corrected chi connectivity index (χ2v) is 5.88. The third-order valence-electron chi connectivity index (χ3n) is 3.96. The van der Waals surface area contributed by atoms with Gasteiger partial charge in [-0.1, -0.05) is 23.7 Å². The highest BCUT2D eigenvalue weighted by Crippen LogP contribution is 2.23. The summed E-state index contributed by atoms with van der Waals surface area (Å²) in [6.45, 7) is 4.68. The summed E-state index contributed by atoms with van der Waals surface area (Å²) in [4.78, 5) is 2.32. The summed E-state index contributed by atoms with van der Waals surface area (Å²) in [5, 5.41) is 20.4. The van der Waals surface area contributed by atoms with Gasteiger partial charge in [0.2, 0.25) is 0 Å². The minimum absolute atomic E-state index is 0.230. The van der Waals surface area contributed by atoms with Gasteiger partial charge >= 0.3 is 0 Å². The maximum atomic E-state index is 10.1.